The molecule has 1 heteroatoms. The zero-order chi connectivity index (χ0) is 42.0. The highest BCUT2D eigenvalue weighted by molar-refractivity contribution is 7.75. The van der Waals surface area contributed by atoms with Crippen LogP contribution in [0.3, 0.4) is 0 Å². The zero-order valence-electron chi connectivity index (χ0n) is 41.9. The lowest BCUT2D eigenvalue weighted by Crippen LogP contribution is -2.13. The minimum absolute atomic E-state index is 0.816. The monoisotopic (exact) mass is 834 g/mol. The average molecular weight is 835 g/mol. The lowest BCUT2D eigenvalue weighted by atomic mass is 10.0. The van der Waals surface area contributed by atoms with E-state index >= 15 is 0 Å². The number of rotatable bonds is 53. The Labute approximate surface area is 372 Å². The van der Waals surface area contributed by atoms with Crippen LogP contribution in [0.15, 0.2) is 0 Å². The molecule has 58 heavy (non-hydrogen) atoms. The van der Waals surface area contributed by atoms with Crippen LogP contribution in [-0.4, -0.2) is 24.6 Å². The maximum atomic E-state index is 2.34. The summed E-state index contributed by atoms with van der Waals surface area (Å²) in [6.07, 6.45) is 79.8. The smallest absolute Gasteiger partial charge is 0.0594 e. The van der Waals surface area contributed by atoms with Crippen molar-refractivity contribution in [3.63, 3.8) is 0 Å². The Kier molecular flexibility index (Phi) is 52.2. The van der Waals surface area contributed by atoms with Crippen molar-refractivity contribution in [1.82, 2.24) is 0 Å². The van der Waals surface area contributed by atoms with Crippen molar-refractivity contribution < 1.29 is 0 Å². The molecular weight excluding hydrogens is 716 g/mol. The van der Waals surface area contributed by atoms with E-state index in [-0.39, 0.29) is 0 Å². The van der Waals surface area contributed by atoms with Gasteiger partial charge in [0.1, 0.15) is 0 Å². The molecule has 0 aliphatic heterocycles. The summed E-state index contributed by atoms with van der Waals surface area (Å²) < 4.78 is 0. The predicted molar refractivity (Wildman–Crippen MR) is 275 cm³/mol. The molecule has 0 aromatic rings. The fourth-order valence-electron chi connectivity index (χ4n) is 10.0. The van der Waals surface area contributed by atoms with Crippen LogP contribution in [0.1, 0.15) is 342 Å². The molecule has 0 unspecified atom stereocenters. The van der Waals surface area contributed by atoms with Gasteiger partial charge in [-0.15, -0.1) is 0 Å². The van der Waals surface area contributed by atoms with Gasteiger partial charge in [-0.2, -0.15) is 0 Å². The second-order valence-corrected chi connectivity index (χ2v) is 24.6. The van der Waals surface area contributed by atoms with Crippen molar-refractivity contribution in [3.8, 4) is 0 Å². The van der Waals surface area contributed by atoms with Gasteiger partial charge in [-0.1, -0.05) is 291 Å². The first-order chi connectivity index (χ1) is 28.7. The largest absolute Gasteiger partial charge is 0.0654 e. The predicted octanol–water partition coefficient (Wildman–Crippen LogP) is 22.2. The first-order valence-corrected chi connectivity index (χ1v) is 31.1. The molecule has 0 radical (unpaired) electrons. The van der Waals surface area contributed by atoms with Crippen molar-refractivity contribution in [2.45, 2.75) is 342 Å². The van der Waals surface area contributed by atoms with Crippen molar-refractivity contribution in [1.29, 1.82) is 0 Å². The van der Waals surface area contributed by atoms with Gasteiger partial charge in [-0.25, -0.2) is 0 Å². The SMILES string of the molecule is CCCCCCCCCCCCCCCCCC[P+](CCCCCCCCCCCCC)(CCCCCCCCCCCCC)CCCCCCCCCCCCC. The van der Waals surface area contributed by atoms with Crippen LogP contribution in [0.25, 0.3) is 0 Å². The van der Waals surface area contributed by atoms with Crippen LogP contribution in [0.5, 0.6) is 0 Å². The normalized spacial score (nSPS) is 12.0. The van der Waals surface area contributed by atoms with Crippen molar-refractivity contribution in [3.05, 3.63) is 0 Å². The third kappa shape index (κ3) is 45.9. The number of hydrogen-bond donors (Lipinski definition) is 0. The lowest BCUT2D eigenvalue weighted by Gasteiger charge is -2.28. The molecule has 0 aromatic carbocycles. The molecule has 0 rings (SSSR count). The number of unbranched alkanes of at least 4 members (excludes halogenated alkanes) is 45. The van der Waals surface area contributed by atoms with Crippen molar-refractivity contribution >= 4 is 7.26 Å². The van der Waals surface area contributed by atoms with E-state index in [1.807, 2.05) is 0 Å². The fraction of sp³-hybridized carbons (Fsp3) is 1.00. The minimum atomic E-state index is -0.816. The van der Waals surface area contributed by atoms with Crippen LogP contribution >= 0.6 is 7.26 Å². The first-order valence-electron chi connectivity index (χ1n) is 28.6. The highest BCUT2D eigenvalue weighted by Gasteiger charge is 2.35. The van der Waals surface area contributed by atoms with Crippen LogP contribution in [0.2, 0.25) is 0 Å². The Hall–Kier alpha value is 0.430. The first kappa shape index (κ1) is 58.4. The quantitative estimate of drug-likeness (QED) is 0.0423. The summed E-state index contributed by atoms with van der Waals surface area (Å²) in [5, 5.41) is 0. The molecule has 0 nitrogen and oxygen atoms in total. The van der Waals surface area contributed by atoms with Gasteiger partial charge in [0.25, 0.3) is 0 Å². The van der Waals surface area contributed by atoms with Crippen molar-refractivity contribution in [2.75, 3.05) is 24.6 Å². The standard InChI is InChI=1S/C57H118P/c1-5-9-13-17-21-25-29-30-31-32-33-37-41-45-49-53-57-58(54-50-46-42-38-34-26-22-18-14-10-6-2,55-51-47-43-39-35-27-23-19-15-11-7-3)56-52-48-44-40-36-28-24-20-16-12-8-4/h5-57H2,1-4H3/q+1. The summed E-state index contributed by atoms with van der Waals surface area (Å²) in [6.45, 7) is 9.35. The van der Waals surface area contributed by atoms with Gasteiger partial charge in [0.2, 0.25) is 0 Å². The maximum absolute atomic E-state index is 2.34. The third-order valence-corrected chi connectivity index (χ3v) is 19.3. The number of hydrogen-bond acceptors (Lipinski definition) is 0. The summed E-state index contributed by atoms with van der Waals surface area (Å²) in [6, 6.07) is 0. The van der Waals surface area contributed by atoms with Gasteiger partial charge in [-0.3, -0.25) is 0 Å². The molecule has 0 saturated heterocycles. The second kappa shape index (κ2) is 51.8. The minimum Gasteiger partial charge on any atom is -0.0654 e. The highest BCUT2D eigenvalue weighted by Crippen LogP contribution is 2.61. The zero-order valence-corrected chi connectivity index (χ0v) is 42.8. The molecule has 0 aromatic heterocycles. The summed E-state index contributed by atoms with van der Waals surface area (Å²) in [7, 11) is -0.816. The summed E-state index contributed by atoms with van der Waals surface area (Å²) in [5.74, 6) is 0. The Morgan fingerprint density at radius 2 is 0.241 bits per heavy atom. The molecule has 0 aliphatic carbocycles. The second-order valence-electron chi connectivity index (χ2n) is 20.1. The van der Waals surface area contributed by atoms with Crippen molar-refractivity contribution in [2.24, 2.45) is 0 Å². The third-order valence-electron chi connectivity index (χ3n) is 14.2. The van der Waals surface area contributed by atoms with E-state index in [0.717, 1.165) is 0 Å². The lowest BCUT2D eigenvalue weighted by molar-refractivity contribution is 0.531. The van der Waals surface area contributed by atoms with E-state index in [4.69, 9.17) is 0 Å². The molecule has 0 spiro atoms. The molecule has 0 amide bonds. The molecule has 0 bridgehead atoms. The topological polar surface area (TPSA) is 0 Å². The summed E-state index contributed by atoms with van der Waals surface area (Å²) >= 11 is 0. The average Bonchev–Trinajstić information content (AvgIpc) is 3.23. The highest BCUT2D eigenvalue weighted by atomic mass is 31.2. The van der Waals surface area contributed by atoms with Crippen LogP contribution in [-0.2, 0) is 0 Å². The fourth-order valence-corrected chi connectivity index (χ4v) is 14.9. The molecule has 0 fully saturated rings. The van der Waals surface area contributed by atoms with Gasteiger partial charge in [0.05, 0.1) is 24.6 Å². The van der Waals surface area contributed by atoms with Gasteiger partial charge in [0, 0.05) is 7.26 Å². The molecule has 0 aliphatic rings. The van der Waals surface area contributed by atoms with Crippen LogP contribution < -0.4 is 0 Å². The Bertz CT molecular complexity index is 635. The molecule has 350 valence electrons. The Morgan fingerprint density at radius 1 is 0.138 bits per heavy atom. The molecular formula is C57H118P+. The van der Waals surface area contributed by atoms with E-state index in [1.165, 1.54) is 289 Å². The summed E-state index contributed by atoms with van der Waals surface area (Å²) in [4.78, 5) is 0. The summed E-state index contributed by atoms with van der Waals surface area (Å²) in [5.41, 5.74) is 0. The van der Waals surface area contributed by atoms with E-state index in [2.05, 4.69) is 27.7 Å². The van der Waals surface area contributed by atoms with Gasteiger partial charge in [-0.05, 0) is 51.4 Å². The van der Waals surface area contributed by atoms with Gasteiger partial charge >= 0.3 is 0 Å². The molecule has 0 saturated carbocycles. The molecule has 0 heterocycles. The Balaban J connectivity index is 4.85. The van der Waals surface area contributed by atoms with E-state index in [1.54, 1.807) is 50.3 Å². The van der Waals surface area contributed by atoms with Crippen LogP contribution in [0, 0.1) is 0 Å². The van der Waals surface area contributed by atoms with Gasteiger partial charge < -0.3 is 0 Å². The van der Waals surface area contributed by atoms with E-state index in [0.29, 0.717) is 0 Å². The van der Waals surface area contributed by atoms with E-state index in [9.17, 15) is 0 Å². The maximum Gasteiger partial charge on any atom is 0.0594 e. The molecule has 0 N–H and O–H groups in total. The molecule has 0 atom stereocenters. The van der Waals surface area contributed by atoms with Gasteiger partial charge in [0.15, 0.2) is 0 Å². The van der Waals surface area contributed by atoms with Crippen LogP contribution in [0.4, 0.5) is 0 Å². The van der Waals surface area contributed by atoms with E-state index < -0.39 is 7.26 Å². The Morgan fingerprint density at radius 3 is 0.362 bits per heavy atom.